The lowest BCUT2D eigenvalue weighted by molar-refractivity contribution is -0.149. The molecule has 2 N–H and O–H groups in total. The van der Waals surface area contributed by atoms with Gasteiger partial charge in [-0.05, 0) is 72.7 Å². The largest absolute Gasteiger partial charge is 0.466 e. The quantitative estimate of drug-likeness (QED) is 0.373. The van der Waals surface area contributed by atoms with E-state index in [4.69, 9.17) is 4.74 Å². The van der Waals surface area contributed by atoms with Gasteiger partial charge in [-0.15, -0.1) is 0 Å². The first-order valence-electron chi connectivity index (χ1n) is 9.77. The number of esters is 1. The minimum Gasteiger partial charge on any atom is -0.466 e. The number of benzene rings is 2. The van der Waals surface area contributed by atoms with E-state index in [1.807, 2.05) is 22.6 Å². The second kappa shape index (κ2) is 10.3. The molecule has 0 unspecified atom stereocenters. The number of rotatable bonds is 7. The number of hydrogen-bond acceptors (Lipinski definition) is 5. The van der Waals surface area contributed by atoms with Gasteiger partial charge in [0.15, 0.2) is 11.6 Å². The summed E-state index contributed by atoms with van der Waals surface area (Å²) in [5.74, 6) is -4.06. The second-order valence-electron chi connectivity index (χ2n) is 7.07. The molecule has 2 aromatic rings. The number of carbonyl (C=O) groups is 1. The molecule has 0 radical (unpaired) electrons. The van der Waals surface area contributed by atoms with E-state index in [0.717, 1.165) is 16.4 Å². The van der Waals surface area contributed by atoms with Crippen LogP contribution in [0.5, 0.6) is 0 Å². The summed E-state index contributed by atoms with van der Waals surface area (Å²) < 4.78 is 77.2. The summed E-state index contributed by atoms with van der Waals surface area (Å²) in [6, 6.07) is 5.90. The highest BCUT2D eigenvalue weighted by Crippen LogP contribution is 2.33. The van der Waals surface area contributed by atoms with Crippen molar-refractivity contribution in [2.45, 2.75) is 19.8 Å². The molecule has 0 atom stereocenters. The molecule has 1 saturated heterocycles. The third kappa shape index (κ3) is 5.64. The third-order valence-corrected chi connectivity index (χ3v) is 7.13. The van der Waals surface area contributed by atoms with Crippen LogP contribution in [-0.2, 0) is 19.7 Å². The summed E-state index contributed by atoms with van der Waals surface area (Å²) in [6.45, 7) is 2.04. The van der Waals surface area contributed by atoms with Crippen LogP contribution in [-0.4, -0.2) is 38.4 Å². The number of ether oxygens (including phenoxy) is 1. The second-order valence-corrected chi connectivity index (χ2v) is 9.98. The summed E-state index contributed by atoms with van der Waals surface area (Å²) in [4.78, 5) is 11.9. The summed E-state index contributed by atoms with van der Waals surface area (Å²) in [5, 5.41) is 2.44. The highest BCUT2D eigenvalue weighted by atomic mass is 127. The molecule has 1 fully saturated rings. The lowest BCUT2D eigenvalue weighted by Crippen LogP contribution is -2.43. The fraction of sp³-hybridized carbons (Fsp3) is 0.350. The lowest BCUT2D eigenvalue weighted by atomic mass is 9.98. The van der Waals surface area contributed by atoms with Crippen molar-refractivity contribution >= 4 is 55.8 Å². The van der Waals surface area contributed by atoms with Gasteiger partial charge in [0.1, 0.15) is 11.5 Å². The number of nitrogens with one attached hydrogen (secondary N) is 2. The van der Waals surface area contributed by atoms with Crippen LogP contribution in [0.15, 0.2) is 30.3 Å². The normalized spacial score (nSPS) is 15.4. The molecular formula is C20H21F3IN3O4S. The average Bonchev–Trinajstić information content (AvgIpc) is 2.75. The molecule has 2 aromatic carbocycles. The third-order valence-electron chi connectivity index (χ3n) is 4.94. The Morgan fingerprint density at radius 1 is 1.12 bits per heavy atom. The first kappa shape index (κ1) is 24.6. The molecule has 0 aliphatic carbocycles. The predicted molar refractivity (Wildman–Crippen MR) is 122 cm³/mol. The number of hydrogen-bond donors (Lipinski definition) is 2. The van der Waals surface area contributed by atoms with Crippen molar-refractivity contribution in [1.29, 1.82) is 0 Å². The number of nitrogens with zero attached hydrogens (tertiary/aromatic N) is 1. The Bertz CT molecular complexity index is 1110. The van der Waals surface area contributed by atoms with Crippen molar-refractivity contribution < 1.29 is 31.1 Å². The van der Waals surface area contributed by atoms with Crippen molar-refractivity contribution in [1.82, 2.24) is 4.31 Å². The Morgan fingerprint density at radius 3 is 2.41 bits per heavy atom. The Hall–Kier alpha value is -2.06. The predicted octanol–water partition coefficient (Wildman–Crippen LogP) is 4.38. The minimum absolute atomic E-state index is 0.0526. The van der Waals surface area contributed by atoms with Crippen LogP contribution in [0.2, 0.25) is 0 Å². The summed E-state index contributed by atoms with van der Waals surface area (Å²) in [5.41, 5.74) is -0.977. The fourth-order valence-electron chi connectivity index (χ4n) is 3.28. The summed E-state index contributed by atoms with van der Waals surface area (Å²) in [7, 11) is -4.15. The monoisotopic (exact) mass is 583 g/mol. The van der Waals surface area contributed by atoms with Crippen molar-refractivity contribution in [2.24, 2.45) is 5.92 Å². The van der Waals surface area contributed by atoms with Crippen molar-refractivity contribution in [3.63, 3.8) is 0 Å². The van der Waals surface area contributed by atoms with Gasteiger partial charge in [-0.2, -0.15) is 12.7 Å². The number of anilines is 3. The van der Waals surface area contributed by atoms with Gasteiger partial charge < -0.3 is 10.1 Å². The topological polar surface area (TPSA) is 87.7 Å². The summed E-state index contributed by atoms with van der Waals surface area (Å²) >= 11 is 1.90. The van der Waals surface area contributed by atoms with Crippen LogP contribution >= 0.6 is 22.6 Å². The molecule has 0 aromatic heterocycles. The van der Waals surface area contributed by atoms with E-state index < -0.39 is 39.3 Å². The molecule has 0 amide bonds. The standard InChI is InChI=1S/C20H21F3IN3O4S/c1-2-31-20(28)12-7-9-27(10-8-12)32(29,30)26-17-6-4-14(21)18(23)19(17)25-16-5-3-13(24)11-15(16)22/h3-6,11-12,25-26H,2,7-10H2,1H3. The average molecular weight is 583 g/mol. The molecular weight excluding hydrogens is 562 g/mol. The maximum atomic E-state index is 14.5. The van der Waals surface area contributed by atoms with E-state index >= 15 is 0 Å². The van der Waals surface area contributed by atoms with Crippen LogP contribution in [0.4, 0.5) is 30.2 Å². The minimum atomic E-state index is -4.15. The molecule has 0 bridgehead atoms. The van der Waals surface area contributed by atoms with E-state index in [2.05, 4.69) is 10.0 Å². The zero-order valence-corrected chi connectivity index (χ0v) is 20.0. The smallest absolute Gasteiger partial charge is 0.309 e. The van der Waals surface area contributed by atoms with Crippen LogP contribution in [0.1, 0.15) is 19.8 Å². The molecule has 3 rings (SSSR count). The molecule has 7 nitrogen and oxygen atoms in total. The van der Waals surface area contributed by atoms with Gasteiger partial charge in [-0.25, -0.2) is 13.2 Å². The Morgan fingerprint density at radius 2 is 1.78 bits per heavy atom. The van der Waals surface area contributed by atoms with Gasteiger partial charge in [-0.3, -0.25) is 9.52 Å². The molecule has 32 heavy (non-hydrogen) atoms. The van der Waals surface area contributed by atoms with Gasteiger partial charge in [0.2, 0.25) is 0 Å². The SMILES string of the molecule is CCOC(=O)C1CCN(S(=O)(=O)Nc2ccc(F)c(F)c2Nc2ccc(I)cc2F)CC1. The van der Waals surface area contributed by atoms with Crippen molar-refractivity contribution in [2.75, 3.05) is 29.7 Å². The summed E-state index contributed by atoms with van der Waals surface area (Å²) in [6.07, 6.45) is 0.549. The van der Waals surface area contributed by atoms with E-state index in [1.54, 1.807) is 13.0 Å². The first-order valence-corrected chi connectivity index (χ1v) is 12.3. The zero-order valence-electron chi connectivity index (χ0n) is 17.0. The molecule has 1 aliphatic rings. The van der Waals surface area contributed by atoms with E-state index in [1.165, 1.54) is 12.1 Å². The van der Waals surface area contributed by atoms with Gasteiger partial charge in [0, 0.05) is 16.7 Å². The molecule has 0 saturated carbocycles. The molecule has 0 spiro atoms. The molecule has 1 heterocycles. The van der Waals surface area contributed by atoms with E-state index in [9.17, 15) is 26.4 Å². The van der Waals surface area contributed by atoms with Gasteiger partial charge in [0.25, 0.3) is 0 Å². The van der Waals surface area contributed by atoms with Crippen LogP contribution in [0.3, 0.4) is 0 Å². The van der Waals surface area contributed by atoms with Crippen molar-refractivity contribution in [3.05, 3.63) is 51.4 Å². The Labute approximate surface area is 197 Å². The highest BCUT2D eigenvalue weighted by molar-refractivity contribution is 14.1. The molecule has 174 valence electrons. The van der Waals surface area contributed by atoms with Gasteiger partial charge in [0.05, 0.1) is 23.9 Å². The van der Waals surface area contributed by atoms with Crippen LogP contribution < -0.4 is 10.0 Å². The molecule has 1 aliphatic heterocycles. The van der Waals surface area contributed by atoms with Crippen LogP contribution in [0.25, 0.3) is 0 Å². The van der Waals surface area contributed by atoms with E-state index in [-0.39, 0.29) is 49.9 Å². The first-order chi connectivity index (χ1) is 15.1. The van der Waals surface area contributed by atoms with Crippen LogP contribution in [0, 0.1) is 26.9 Å². The van der Waals surface area contributed by atoms with Gasteiger partial charge in [-0.1, -0.05) is 0 Å². The Kier molecular flexibility index (Phi) is 7.88. The van der Waals surface area contributed by atoms with E-state index in [0.29, 0.717) is 3.57 Å². The fourth-order valence-corrected chi connectivity index (χ4v) is 5.00. The zero-order chi connectivity index (χ0) is 23.5. The lowest BCUT2D eigenvalue weighted by Gasteiger charge is -2.30. The molecule has 12 heteroatoms. The number of carbonyl (C=O) groups excluding carboxylic acids is 1. The number of halogens is 4. The Balaban J connectivity index is 1.81. The highest BCUT2D eigenvalue weighted by Gasteiger charge is 2.32. The van der Waals surface area contributed by atoms with Gasteiger partial charge >= 0.3 is 16.2 Å². The van der Waals surface area contributed by atoms with Crippen molar-refractivity contribution in [3.8, 4) is 0 Å². The maximum Gasteiger partial charge on any atom is 0.309 e. The maximum absolute atomic E-state index is 14.5. The number of piperidine rings is 1.